The number of ether oxygens (including phenoxy) is 1. The molecule has 0 radical (unpaired) electrons. The van der Waals surface area contributed by atoms with Crippen LogP contribution in [-0.4, -0.2) is 19.0 Å². The number of nitrogens with zero attached hydrogens (tertiary/aromatic N) is 2. The molecule has 0 aromatic heterocycles. The third-order valence-corrected chi connectivity index (χ3v) is 3.70. The van der Waals surface area contributed by atoms with Crippen LogP contribution in [0.3, 0.4) is 0 Å². The first-order valence-electron chi connectivity index (χ1n) is 8.89. The molecule has 1 aromatic rings. The zero-order valence-electron chi connectivity index (χ0n) is 15.6. The van der Waals surface area contributed by atoms with Crippen LogP contribution >= 0.6 is 0 Å². The number of unbranched alkanes of at least 4 members (excludes halogenated alkanes) is 3. The van der Waals surface area contributed by atoms with Crippen LogP contribution in [0.25, 0.3) is 0 Å². The van der Waals surface area contributed by atoms with E-state index in [-0.39, 0.29) is 5.41 Å². The first-order chi connectivity index (χ1) is 11.5. The molecule has 132 valence electrons. The van der Waals surface area contributed by atoms with E-state index in [4.69, 9.17) is 10.00 Å². The van der Waals surface area contributed by atoms with Crippen molar-refractivity contribution in [3.63, 3.8) is 0 Å². The fraction of sp³-hybridized carbons (Fsp3) is 0.600. The molecule has 1 rings (SSSR count). The van der Waals surface area contributed by atoms with Gasteiger partial charge < -0.3 is 4.74 Å². The molecule has 4 nitrogen and oxygen atoms in total. The Morgan fingerprint density at radius 2 is 1.96 bits per heavy atom. The maximum absolute atomic E-state index is 9.04. The van der Waals surface area contributed by atoms with Gasteiger partial charge in [0, 0.05) is 6.54 Å². The molecule has 0 aliphatic carbocycles. The minimum Gasteiger partial charge on any atom is -0.493 e. The third-order valence-electron chi connectivity index (χ3n) is 3.70. The number of nitrogens with one attached hydrogen (secondary N) is 1. The van der Waals surface area contributed by atoms with Crippen LogP contribution in [-0.2, 0) is 0 Å². The van der Waals surface area contributed by atoms with Crippen LogP contribution in [0.1, 0.15) is 65.4 Å². The average Bonchev–Trinajstić information content (AvgIpc) is 2.53. The topological polar surface area (TPSA) is 57.4 Å². The number of para-hydroxylation sites is 1. The highest BCUT2D eigenvalue weighted by Gasteiger charge is 2.12. The van der Waals surface area contributed by atoms with Crippen molar-refractivity contribution in [3.8, 4) is 11.9 Å². The summed E-state index contributed by atoms with van der Waals surface area (Å²) in [5, 5.41) is 11.8. The molecule has 0 unspecified atom stereocenters. The van der Waals surface area contributed by atoms with Gasteiger partial charge in [0.1, 0.15) is 11.6 Å². The van der Waals surface area contributed by atoms with E-state index >= 15 is 0 Å². The second-order valence-corrected chi connectivity index (χ2v) is 7.18. The fourth-order valence-electron chi connectivity index (χ4n) is 2.25. The molecule has 0 amide bonds. The summed E-state index contributed by atoms with van der Waals surface area (Å²) in [4.78, 5) is 4.59. The maximum atomic E-state index is 9.04. The van der Waals surface area contributed by atoms with Crippen molar-refractivity contribution in [2.24, 2.45) is 10.4 Å². The van der Waals surface area contributed by atoms with E-state index in [1.807, 2.05) is 30.5 Å². The molecule has 0 spiro atoms. The molecule has 0 heterocycles. The van der Waals surface area contributed by atoms with Gasteiger partial charge >= 0.3 is 0 Å². The van der Waals surface area contributed by atoms with E-state index in [1.165, 1.54) is 19.3 Å². The molecule has 0 atom stereocenters. The number of amidine groups is 1. The summed E-state index contributed by atoms with van der Waals surface area (Å²) in [6, 6.07) is 7.77. The Hall–Kier alpha value is -2.02. The zero-order chi connectivity index (χ0) is 17.8. The Labute approximate surface area is 146 Å². The molecule has 0 aliphatic rings. The van der Waals surface area contributed by atoms with Gasteiger partial charge in [-0.1, -0.05) is 59.1 Å². The summed E-state index contributed by atoms with van der Waals surface area (Å²) >= 11 is 0. The monoisotopic (exact) mass is 329 g/mol. The quantitative estimate of drug-likeness (QED) is 0.230. The molecule has 0 saturated heterocycles. The predicted octanol–water partition coefficient (Wildman–Crippen LogP) is 4.90. The van der Waals surface area contributed by atoms with E-state index in [9.17, 15) is 0 Å². The van der Waals surface area contributed by atoms with Crippen LogP contribution in [0, 0.1) is 16.9 Å². The lowest BCUT2D eigenvalue weighted by atomic mass is 9.92. The fourth-order valence-corrected chi connectivity index (χ4v) is 2.25. The molecule has 0 saturated carbocycles. The van der Waals surface area contributed by atoms with Gasteiger partial charge in [0.05, 0.1) is 12.2 Å². The van der Waals surface area contributed by atoms with E-state index < -0.39 is 0 Å². The van der Waals surface area contributed by atoms with Gasteiger partial charge in [-0.05, 0) is 30.4 Å². The lowest BCUT2D eigenvalue weighted by Crippen LogP contribution is -2.21. The molecule has 0 aliphatic heterocycles. The number of nitriles is 1. The highest BCUT2D eigenvalue weighted by atomic mass is 16.5. The molecule has 0 bridgehead atoms. The van der Waals surface area contributed by atoms with E-state index in [2.05, 4.69) is 38.0 Å². The summed E-state index contributed by atoms with van der Waals surface area (Å²) in [7, 11) is 0. The van der Waals surface area contributed by atoms with Gasteiger partial charge in [0.25, 0.3) is 0 Å². The lowest BCUT2D eigenvalue weighted by molar-refractivity contribution is 0.304. The van der Waals surface area contributed by atoms with Gasteiger partial charge in [-0.3, -0.25) is 10.3 Å². The van der Waals surface area contributed by atoms with Crippen LogP contribution in [0.5, 0.6) is 5.75 Å². The summed E-state index contributed by atoms with van der Waals surface area (Å²) in [6.45, 7) is 10.1. The number of aliphatic imine (C=N–C) groups is 1. The molecule has 1 aromatic carbocycles. The Bertz CT molecular complexity index is 553. The normalized spacial score (nSPS) is 11.9. The SMILES string of the molecule is CCCCCCOc1ccccc1/C(=N/CCC(C)(C)C)NC#N. The van der Waals surface area contributed by atoms with Crippen LogP contribution < -0.4 is 10.1 Å². The number of rotatable bonds is 9. The van der Waals surface area contributed by atoms with Crippen LogP contribution in [0.4, 0.5) is 0 Å². The molecular weight excluding hydrogens is 298 g/mol. The largest absolute Gasteiger partial charge is 0.493 e. The molecule has 24 heavy (non-hydrogen) atoms. The molecular formula is C20H31N3O. The summed E-state index contributed by atoms with van der Waals surface area (Å²) in [6.07, 6.45) is 7.63. The van der Waals surface area contributed by atoms with Gasteiger partial charge in [0.15, 0.2) is 6.19 Å². The Kier molecular flexibility index (Phi) is 8.93. The van der Waals surface area contributed by atoms with Gasteiger partial charge in [0.2, 0.25) is 0 Å². The molecule has 4 heteroatoms. The lowest BCUT2D eigenvalue weighted by Gasteiger charge is -2.17. The van der Waals surface area contributed by atoms with E-state index in [0.29, 0.717) is 19.0 Å². The zero-order valence-corrected chi connectivity index (χ0v) is 15.6. The van der Waals surface area contributed by atoms with E-state index in [1.54, 1.807) is 0 Å². The van der Waals surface area contributed by atoms with Gasteiger partial charge in [-0.25, -0.2) is 0 Å². The van der Waals surface area contributed by atoms with Gasteiger partial charge in [-0.15, -0.1) is 0 Å². The van der Waals surface area contributed by atoms with Crippen molar-refractivity contribution in [2.45, 2.75) is 59.8 Å². The third kappa shape index (κ3) is 8.01. The number of benzene rings is 1. The number of hydrogen-bond donors (Lipinski definition) is 1. The Balaban J connectivity index is 2.79. The highest BCUT2D eigenvalue weighted by Crippen LogP contribution is 2.21. The predicted molar refractivity (Wildman–Crippen MR) is 100 cm³/mol. The van der Waals surface area contributed by atoms with Crippen molar-refractivity contribution in [2.75, 3.05) is 13.2 Å². The van der Waals surface area contributed by atoms with Crippen molar-refractivity contribution in [1.29, 1.82) is 5.26 Å². The van der Waals surface area contributed by atoms with Crippen molar-refractivity contribution in [1.82, 2.24) is 5.32 Å². The van der Waals surface area contributed by atoms with Gasteiger partial charge in [-0.2, -0.15) is 5.26 Å². The van der Waals surface area contributed by atoms with E-state index in [0.717, 1.165) is 24.2 Å². The van der Waals surface area contributed by atoms with Crippen molar-refractivity contribution in [3.05, 3.63) is 29.8 Å². The maximum Gasteiger partial charge on any atom is 0.182 e. The van der Waals surface area contributed by atoms with Crippen LogP contribution in [0.2, 0.25) is 0 Å². The molecule has 1 N–H and O–H groups in total. The first-order valence-corrected chi connectivity index (χ1v) is 8.89. The van der Waals surface area contributed by atoms with Crippen molar-refractivity contribution < 1.29 is 4.74 Å². The summed E-state index contributed by atoms with van der Waals surface area (Å²) in [5.74, 6) is 1.37. The Morgan fingerprint density at radius 1 is 1.21 bits per heavy atom. The molecule has 0 fully saturated rings. The van der Waals surface area contributed by atoms with Crippen molar-refractivity contribution >= 4 is 5.84 Å². The second kappa shape index (κ2) is 10.7. The second-order valence-electron chi connectivity index (χ2n) is 7.18. The summed E-state index contributed by atoms with van der Waals surface area (Å²) < 4.78 is 5.93. The van der Waals surface area contributed by atoms with Crippen LogP contribution in [0.15, 0.2) is 29.3 Å². The summed E-state index contributed by atoms with van der Waals surface area (Å²) in [5.41, 5.74) is 1.07. The minimum atomic E-state index is 0.219. The minimum absolute atomic E-state index is 0.219. The number of hydrogen-bond acceptors (Lipinski definition) is 3. The average molecular weight is 329 g/mol. The first kappa shape index (κ1) is 20.0. The highest BCUT2D eigenvalue weighted by molar-refractivity contribution is 6.02. The Morgan fingerprint density at radius 3 is 2.62 bits per heavy atom. The smallest absolute Gasteiger partial charge is 0.182 e. The standard InChI is InChI=1S/C20H31N3O/c1-5-6-7-10-15-24-18-12-9-8-11-17(18)19(23-16-21)22-14-13-20(2,3)4/h8-9,11-12H,5-7,10,13-15H2,1-4H3,(H,22,23).